The molecule has 2 aliphatic rings. The Labute approximate surface area is 245 Å². The fourth-order valence-corrected chi connectivity index (χ4v) is 6.59. The quantitative estimate of drug-likeness (QED) is 0.152. The monoisotopic (exact) mass is 613 g/mol. The maximum atomic E-state index is 13.4. The molecule has 2 aliphatic heterocycles. The summed E-state index contributed by atoms with van der Waals surface area (Å²) in [5.74, 6) is -2.83. The molecule has 0 spiro atoms. The molecule has 3 atom stereocenters. The summed E-state index contributed by atoms with van der Waals surface area (Å²) in [4.78, 5) is 70.4. The number of H-pyrrole nitrogens is 1. The average Bonchev–Trinajstić information content (AvgIpc) is 3.41. The Balaban J connectivity index is 1.27. The minimum atomic E-state index is -1.26. The molecule has 2 aromatic heterocycles. The number of aromatic nitrogens is 6. The lowest BCUT2D eigenvalue weighted by molar-refractivity contribution is -0.151. The van der Waals surface area contributed by atoms with E-state index in [1.165, 1.54) is 39.4 Å². The van der Waals surface area contributed by atoms with Gasteiger partial charge < -0.3 is 25.5 Å². The number of benzene rings is 1. The number of aliphatic carboxylic acids is 1. The number of carboxylic acid groups (broad SMARTS) is 1. The Kier molecular flexibility index (Phi) is 8.53. The summed E-state index contributed by atoms with van der Waals surface area (Å²) in [6.45, 7) is -0.571. The SMILES string of the molecule is Cn1nnnc1SCC1=C(C(=O)O)N2C(=O)C(NC(=O)[C@H](NC(=O)COc3cnc[nH]c3=O)c3ccccc3)[C@H]2SC1. The van der Waals surface area contributed by atoms with Crippen LogP contribution in [0, 0.1) is 0 Å². The fourth-order valence-electron chi connectivity index (χ4n) is 4.25. The summed E-state index contributed by atoms with van der Waals surface area (Å²) < 4.78 is 6.68. The van der Waals surface area contributed by atoms with Gasteiger partial charge in [0.15, 0.2) is 6.61 Å². The molecule has 3 amide bonds. The molecule has 0 radical (unpaired) electrons. The molecule has 42 heavy (non-hydrogen) atoms. The molecule has 3 aromatic rings. The Morgan fingerprint density at radius 3 is 2.74 bits per heavy atom. The number of nitrogens with one attached hydrogen (secondary N) is 3. The van der Waals surface area contributed by atoms with Crippen LogP contribution in [0.15, 0.2) is 64.1 Å². The van der Waals surface area contributed by atoms with Crippen molar-refractivity contribution in [3.63, 3.8) is 0 Å². The smallest absolute Gasteiger partial charge is 0.352 e. The number of carboxylic acids is 1. The van der Waals surface area contributed by atoms with Crippen molar-refractivity contribution in [2.75, 3.05) is 18.1 Å². The van der Waals surface area contributed by atoms with E-state index in [2.05, 4.69) is 36.1 Å². The van der Waals surface area contributed by atoms with E-state index in [0.717, 1.165) is 6.20 Å². The number of rotatable bonds is 11. The minimum Gasteiger partial charge on any atom is -0.477 e. The van der Waals surface area contributed by atoms with Gasteiger partial charge in [0.05, 0.1) is 12.5 Å². The molecular weight excluding hydrogens is 590 g/mol. The third-order valence-electron chi connectivity index (χ3n) is 6.25. The molecule has 18 heteroatoms. The zero-order valence-corrected chi connectivity index (χ0v) is 23.4. The predicted octanol–water partition coefficient (Wildman–Crippen LogP) is -0.939. The van der Waals surface area contributed by atoms with E-state index < -0.39 is 53.3 Å². The summed E-state index contributed by atoms with van der Waals surface area (Å²) >= 11 is 2.56. The molecule has 4 N–H and O–H groups in total. The van der Waals surface area contributed by atoms with Gasteiger partial charge in [-0.2, -0.15) is 0 Å². The first kappa shape index (κ1) is 28.8. The second-order valence-electron chi connectivity index (χ2n) is 8.97. The van der Waals surface area contributed by atoms with Crippen molar-refractivity contribution >= 4 is 47.2 Å². The van der Waals surface area contributed by atoms with Crippen LogP contribution in [0.2, 0.25) is 0 Å². The first-order valence-corrected chi connectivity index (χ1v) is 14.3. The number of carbonyl (C=O) groups is 4. The number of carbonyl (C=O) groups excluding carboxylic acids is 3. The van der Waals surface area contributed by atoms with Gasteiger partial charge in [-0.25, -0.2) is 14.5 Å². The number of hydrogen-bond acceptors (Lipinski definition) is 12. The number of hydrogen-bond donors (Lipinski definition) is 4. The molecule has 0 saturated carbocycles. The lowest BCUT2D eigenvalue weighted by atomic mass is 10.0. The standard InChI is InChI=1S/C24H23N9O7S2/c1-32-24(29-30-31-32)42-10-13-9-41-22-17(21(37)33(22)18(13)23(38)39)28-20(36)16(12-5-3-2-4-6-12)27-15(34)8-40-14-7-25-11-26-19(14)35/h2-7,11,16-17,22H,8-10H2,1H3,(H,27,34)(H,28,36)(H,38,39)(H,25,26,35)/t16-,17?,22-/m1/s1. The lowest BCUT2D eigenvalue weighted by Crippen LogP contribution is -2.71. The minimum absolute atomic E-state index is 0.132. The highest BCUT2D eigenvalue weighted by Crippen LogP contribution is 2.41. The topological polar surface area (TPSA) is 214 Å². The maximum absolute atomic E-state index is 13.4. The van der Waals surface area contributed by atoms with Gasteiger partial charge in [-0.3, -0.25) is 24.1 Å². The van der Waals surface area contributed by atoms with E-state index >= 15 is 0 Å². The van der Waals surface area contributed by atoms with E-state index in [-0.39, 0.29) is 17.2 Å². The highest BCUT2D eigenvalue weighted by Gasteiger charge is 2.54. The van der Waals surface area contributed by atoms with Crippen molar-refractivity contribution < 1.29 is 29.0 Å². The molecule has 5 rings (SSSR count). The normalized spacial score (nSPS) is 18.5. The van der Waals surface area contributed by atoms with Gasteiger partial charge >= 0.3 is 5.97 Å². The number of aryl methyl sites for hydroxylation is 1. The van der Waals surface area contributed by atoms with Gasteiger partial charge in [-0.15, -0.1) is 16.9 Å². The second kappa shape index (κ2) is 12.4. The molecule has 1 aromatic carbocycles. The van der Waals surface area contributed by atoms with Crippen LogP contribution >= 0.6 is 23.5 Å². The third kappa shape index (κ3) is 5.98. The molecule has 1 unspecified atom stereocenters. The summed E-state index contributed by atoms with van der Waals surface area (Å²) in [7, 11) is 1.66. The van der Waals surface area contributed by atoms with Gasteiger partial charge in [0.2, 0.25) is 16.8 Å². The Hall–Kier alpha value is -4.71. The highest BCUT2D eigenvalue weighted by molar-refractivity contribution is 8.01. The Morgan fingerprint density at radius 1 is 1.26 bits per heavy atom. The molecule has 1 saturated heterocycles. The average molecular weight is 614 g/mol. The Morgan fingerprint density at radius 2 is 2.05 bits per heavy atom. The Bertz CT molecular complexity index is 1610. The van der Waals surface area contributed by atoms with Crippen LogP contribution in [0.5, 0.6) is 5.75 Å². The van der Waals surface area contributed by atoms with Crippen molar-refractivity contribution in [1.82, 2.24) is 45.7 Å². The zero-order valence-electron chi connectivity index (χ0n) is 21.8. The van der Waals surface area contributed by atoms with Crippen molar-refractivity contribution in [1.29, 1.82) is 0 Å². The zero-order chi connectivity index (χ0) is 29.8. The number of tetrazole rings is 1. The van der Waals surface area contributed by atoms with Crippen LogP contribution in [0.4, 0.5) is 0 Å². The van der Waals surface area contributed by atoms with Crippen LogP contribution in [0.1, 0.15) is 11.6 Å². The largest absolute Gasteiger partial charge is 0.477 e. The number of nitrogens with zero attached hydrogens (tertiary/aromatic N) is 6. The van der Waals surface area contributed by atoms with Crippen molar-refractivity contribution in [3.05, 3.63) is 70.0 Å². The van der Waals surface area contributed by atoms with Gasteiger partial charge in [-0.05, 0) is 21.6 Å². The van der Waals surface area contributed by atoms with Gasteiger partial charge in [0, 0.05) is 18.6 Å². The van der Waals surface area contributed by atoms with Gasteiger partial charge in [0.1, 0.15) is 23.2 Å². The number of aromatic amines is 1. The predicted molar refractivity (Wildman–Crippen MR) is 147 cm³/mol. The number of β-lactam (4-membered cyclic amide) rings is 1. The second-order valence-corrected chi connectivity index (χ2v) is 11.0. The van der Waals surface area contributed by atoms with Gasteiger partial charge in [-0.1, -0.05) is 42.1 Å². The molecule has 16 nitrogen and oxygen atoms in total. The molecule has 0 aliphatic carbocycles. The van der Waals surface area contributed by atoms with E-state index in [1.54, 1.807) is 37.4 Å². The lowest BCUT2D eigenvalue weighted by Gasteiger charge is -2.49. The van der Waals surface area contributed by atoms with Crippen LogP contribution < -0.4 is 20.9 Å². The first-order chi connectivity index (χ1) is 20.2. The molecular formula is C24H23N9O7S2. The number of fused-ring (bicyclic) bond motifs is 1. The van der Waals surface area contributed by atoms with E-state index in [0.29, 0.717) is 22.0 Å². The van der Waals surface area contributed by atoms with Crippen molar-refractivity contribution in [2.24, 2.45) is 7.05 Å². The molecule has 1 fully saturated rings. The molecule has 218 valence electrons. The number of thioether (sulfide) groups is 2. The number of ether oxygens (including phenoxy) is 1. The summed E-state index contributed by atoms with van der Waals surface area (Å²) in [5.41, 5.74) is 0.255. The molecule has 0 bridgehead atoms. The summed E-state index contributed by atoms with van der Waals surface area (Å²) in [5, 5.41) is 26.2. The van der Waals surface area contributed by atoms with Crippen LogP contribution in [-0.2, 0) is 26.2 Å². The highest BCUT2D eigenvalue weighted by atomic mass is 32.2. The molecule has 4 heterocycles. The fraction of sp³-hybridized carbons (Fsp3) is 0.292. The van der Waals surface area contributed by atoms with Gasteiger partial charge in [0.25, 0.3) is 17.4 Å². The maximum Gasteiger partial charge on any atom is 0.352 e. The van der Waals surface area contributed by atoms with Crippen LogP contribution in [0.3, 0.4) is 0 Å². The summed E-state index contributed by atoms with van der Waals surface area (Å²) in [6.07, 6.45) is 2.32. The van der Waals surface area contributed by atoms with Crippen molar-refractivity contribution in [3.8, 4) is 5.75 Å². The van der Waals surface area contributed by atoms with Crippen LogP contribution in [0.25, 0.3) is 0 Å². The van der Waals surface area contributed by atoms with Crippen molar-refractivity contribution in [2.45, 2.75) is 22.6 Å². The summed E-state index contributed by atoms with van der Waals surface area (Å²) in [6, 6.07) is 6.14. The van der Waals surface area contributed by atoms with Crippen LogP contribution in [-0.4, -0.2) is 93.4 Å². The number of amides is 3. The van der Waals surface area contributed by atoms with E-state index in [1.807, 2.05) is 0 Å². The third-order valence-corrected chi connectivity index (χ3v) is 8.69. The van der Waals surface area contributed by atoms with E-state index in [4.69, 9.17) is 4.74 Å². The first-order valence-electron chi connectivity index (χ1n) is 12.3. The van der Waals surface area contributed by atoms with E-state index in [9.17, 15) is 29.1 Å².